The fraction of sp³-hybridized carbons (Fsp3) is 0.778. The molecule has 1 aliphatic rings. The van der Waals surface area contributed by atoms with Crippen molar-refractivity contribution in [1.82, 2.24) is 0 Å². The molecule has 69 valence electrons. The van der Waals surface area contributed by atoms with Crippen molar-refractivity contribution in [1.29, 1.82) is 0 Å². The van der Waals surface area contributed by atoms with Gasteiger partial charge in [0.05, 0.1) is 5.41 Å². The number of hydrogen-bond acceptors (Lipinski definition) is 2. The zero-order chi connectivity index (χ0) is 9.03. The SMILES string of the molecule is N[CH]CC1(C(N)=O)CCCCC1. The van der Waals surface area contributed by atoms with E-state index < -0.39 is 0 Å². The van der Waals surface area contributed by atoms with Gasteiger partial charge in [-0.2, -0.15) is 0 Å². The lowest BCUT2D eigenvalue weighted by molar-refractivity contribution is -0.129. The molecule has 3 nitrogen and oxygen atoms in total. The molecule has 0 saturated heterocycles. The van der Waals surface area contributed by atoms with Crippen LogP contribution in [0.5, 0.6) is 0 Å². The molecule has 0 aromatic rings. The topological polar surface area (TPSA) is 69.1 Å². The lowest BCUT2D eigenvalue weighted by Gasteiger charge is -2.33. The lowest BCUT2D eigenvalue weighted by Crippen LogP contribution is -2.39. The second-order valence-corrected chi connectivity index (χ2v) is 3.65. The molecule has 3 heteroatoms. The Labute approximate surface area is 73.5 Å². The number of amides is 1. The molecule has 1 aliphatic carbocycles. The summed E-state index contributed by atoms with van der Waals surface area (Å²) in [5.74, 6) is -0.177. The van der Waals surface area contributed by atoms with Crippen molar-refractivity contribution in [2.24, 2.45) is 16.9 Å². The first-order chi connectivity index (χ1) is 5.71. The van der Waals surface area contributed by atoms with Crippen LogP contribution in [-0.4, -0.2) is 5.91 Å². The fourth-order valence-electron chi connectivity index (χ4n) is 2.01. The van der Waals surface area contributed by atoms with Gasteiger partial charge in [-0.3, -0.25) is 4.79 Å². The Morgan fingerprint density at radius 2 is 1.92 bits per heavy atom. The summed E-state index contributed by atoms with van der Waals surface area (Å²) in [6.45, 7) is 1.57. The summed E-state index contributed by atoms with van der Waals surface area (Å²) in [5, 5.41) is 0. The molecule has 1 radical (unpaired) electrons. The molecule has 1 saturated carbocycles. The van der Waals surface area contributed by atoms with Gasteiger partial charge in [0.2, 0.25) is 5.91 Å². The van der Waals surface area contributed by atoms with E-state index in [0.717, 1.165) is 25.7 Å². The van der Waals surface area contributed by atoms with Crippen LogP contribution in [0.1, 0.15) is 38.5 Å². The summed E-state index contributed by atoms with van der Waals surface area (Å²) < 4.78 is 0. The van der Waals surface area contributed by atoms with Crippen LogP contribution in [0.4, 0.5) is 0 Å². The molecular weight excluding hydrogens is 152 g/mol. The molecule has 1 rings (SSSR count). The third-order valence-corrected chi connectivity index (χ3v) is 2.84. The lowest BCUT2D eigenvalue weighted by atomic mass is 9.71. The van der Waals surface area contributed by atoms with Crippen molar-refractivity contribution in [2.75, 3.05) is 0 Å². The van der Waals surface area contributed by atoms with Crippen LogP contribution in [-0.2, 0) is 4.79 Å². The highest BCUT2D eigenvalue weighted by molar-refractivity contribution is 5.81. The minimum atomic E-state index is -0.312. The average Bonchev–Trinajstić information content (AvgIpc) is 2.06. The Hall–Kier alpha value is -0.570. The fourth-order valence-corrected chi connectivity index (χ4v) is 2.01. The molecule has 12 heavy (non-hydrogen) atoms. The normalized spacial score (nSPS) is 22.1. The monoisotopic (exact) mass is 169 g/mol. The number of rotatable bonds is 3. The van der Waals surface area contributed by atoms with Gasteiger partial charge in [-0.25, -0.2) is 0 Å². The van der Waals surface area contributed by atoms with E-state index in [-0.39, 0.29) is 11.3 Å². The summed E-state index contributed by atoms with van der Waals surface area (Å²) in [7, 11) is 0. The predicted octanol–water partition coefficient (Wildman–Crippen LogP) is 0.933. The maximum absolute atomic E-state index is 11.2. The number of primary amides is 1. The summed E-state index contributed by atoms with van der Waals surface area (Å²) in [6.07, 6.45) is 5.90. The van der Waals surface area contributed by atoms with Crippen molar-refractivity contribution >= 4 is 5.91 Å². The van der Waals surface area contributed by atoms with Crippen LogP contribution in [0, 0.1) is 12.0 Å². The highest BCUT2D eigenvalue weighted by Crippen LogP contribution is 2.39. The minimum absolute atomic E-state index is 0.177. The van der Waals surface area contributed by atoms with Crippen LogP contribution >= 0.6 is 0 Å². The Bertz CT molecular complexity index is 156. The van der Waals surface area contributed by atoms with Crippen molar-refractivity contribution in [3.05, 3.63) is 6.54 Å². The summed E-state index contributed by atoms with van der Waals surface area (Å²) in [6, 6.07) is 0. The standard InChI is InChI=1S/C9H17N2O/c10-7-6-9(8(11)12)4-2-1-3-5-9/h7H,1-6,10H2,(H2,11,12). The van der Waals surface area contributed by atoms with Crippen LogP contribution in [0.15, 0.2) is 0 Å². The van der Waals surface area contributed by atoms with Gasteiger partial charge >= 0.3 is 0 Å². The van der Waals surface area contributed by atoms with Gasteiger partial charge in [-0.05, 0) is 19.3 Å². The van der Waals surface area contributed by atoms with E-state index in [2.05, 4.69) is 0 Å². The van der Waals surface area contributed by atoms with E-state index in [9.17, 15) is 4.79 Å². The third-order valence-electron chi connectivity index (χ3n) is 2.84. The number of carbonyl (C=O) groups is 1. The van der Waals surface area contributed by atoms with Crippen LogP contribution < -0.4 is 11.5 Å². The second-order valence-electron chi connectivity index (χ2n) is 3.65. The van der Waals surface area contributed by atoms with Gasteiger partial charge in [0.1, 0.15) is 0 Å². The van der Waals surface area contributed by atoms with Crippen LogP contribution in [0.2, 0.25) is 0 Å². The van der Waals surface area contributed by atoms with E-state index in [1.54, 1.807) is 6.54 Å². The average molecular weight is 169 g/mol. The first-order valence-corrected chi connectivity index (χ1v) is 4.55. The number of carbonyl (C=O) groups excluding carboxylic acids is 1. The van der Waals surface area contributed by atoms with Gasteiger partial charge in [0.25, 0.3) is 0 Å². The Morgan fingerprint density at radius 3 is 2.33 bits per heavy atom. The molecular formula is C9H17N2O. The molecule has 1 amide bonds. The number of nitrogens with two attached hydrogens (primary N) is 2. The first-order valence-electron chi connectivity index (χ1n) is 4.55. The first kappa shape index (κ1) is 9.52. The Balaban J connectivity index is 2.63. The summed E-state index contributed by atoms with van der Waals surface area (Å²) in [5.41, 5.74) is 10.4. The molecule has 0 spiro atoms. The smallest absolute Gasteiger partial charge is 0.223 e. The Kier molecular flexibility index (Phi) is 3.09. The zero-order valence-corrected chi connectivity index (χ0v) is 7.38. The molecule has 0 atom stereocenters. The van der Waals surface area contributed by atoms with Gasteiger partial charge in [0, 0.05) is 6.54 Å². The van der Waals surface area contributed by atoms with E-state index in [1.807, 2.05) is 0 Å². The zero-order valence-electron chi connectivity index (χ0n) is 7.38. The van der Waals surface area contributed by atoms with Crippen molar-refractivity contribution < 1.29 is 4.79 Å². The third kappa shape index (κ3) is 1.78. The van der Waals surface area contributed by atoms with E-state index >= 15 is 0 Å². The van der Waals surface area contributed by atoms with Crippen molar-refractivity contribution in [2.45, 2.75) is 38.5 Å². The maximum atomic E-state index is 11.2. The molecule has 0 bridgehead atoms. The molecule has 0 aromatic carbocycles. The molecule has 1 fully saturated rings. The van der Waals surface area contributed by atoms with Gasteiger partial charge in [-0.1, -0.05) is 19.3 Å². The van der Waals surface area contributed by atoms with Gasteiger partial charge in [0.15, 0.2) is 0 Å². The maximum Gasteiger partial charge on any atom is 0.223 e. The van der Waals surface area contributed by atoms with E-state index in [4.69, 9.17) is 11.5 Å². The quantitative estimate of drug-likeness (QED) is 0.660. The molecule has 4 N–H and O–H groups in total. The number of hydrogen-bond donors (Lipinski definition) is 2. The van der Waals surface area contributed by atoms with E-state index in [0.29, 0.717) is 6.42 Å². The van der Waals surface area contributed by atoms with E-state index in [1.165, 1.54) is 6.42 Å². The molecule has 0 aromatic heterocycles. The summed E-state index contributed by atoms with van der Waals surface area (Å²) >= 11 is 0. The molecule has 0 aliphatic heterocycles. The van der Waals surface area contributed by atoms with Gasteiger partial charge < -0.3 is 11.5 Å². The largest absolute Gasteiger partial charge is 0.369 e. The van der Waals surface area contributed by atoms with Crippen LogP contribution in [0.25, 0.3) is 0 Å². The Morgan fingerprint density at radius 1 is 1.33 bits per heavy atom. The highest BCUT2D eigenvalue weighted by atomic mass is 16.1. The minimum Gasteiger partial charge on any atom is -0.369 e. The predicted molar refractivity (Wildman–Crippen MR) is 47.8 cm³/mol. The molecule has 0 unspecified atom stereocenters. The second kappa shape index (κ2) is 3.90. The van der Waals surface area contributed by atoms with Crippen LogP contribution in [0.3, 0.4) is 0 Å². The van der Waals surface area contributed by atoms with Crippen molar-refractivity contribution in [3.8, 4) is 0 Å². The van der Waals surface area contributed by atoms with Gasteiger partial charge in [-0.15, -0.1) is 0 Å². The molecule has 0 heterocycles. The highest BCUT2D eigenvalue weighted by Gasteiger charge is 2.36. The van der Waals surface area contributed by atoms with Crippen molar-refractivity contribution in [3.63, 3.8) is 0 Å². The summed E-state index contributed by atoms with van der Waals surface area (Å²) in [4.78, 5) is 11.2.